The first-order valence-electron chi connectivity index (χ1n) is 7.13. The Morgan fingerprint density at radius 2 is 2.35 bits per heavy atom. The average molecular weight is 291 g/mol. The zero-order valence-electron chi connectivity index (χ0n) is 12.1. The van der Waals surface area contributed by atoms with Crippen molar-refractivity contribution in [3.8, 4) is 5.75 Å². The van der Waals surface area contributed by atoms with E-state index in [1.807, 2.05) is 19.1 Å². The monoisotopic (exact) mass is 291 g/mol. The van der Waals surface area contributed by atoms with E-state index in [0.29, 0.717) is 18.3 Å². The number of likely N-dealkylation sites (tertiary alicyclic amines) is 1. The molecular formula is C15H21N3OS. The van der Waals surface area contributed by atoms with Crippen molar-refractivity contribution in [2.45, 2.75) is 32.2 Å². The number of fused-ring (bicyclic) bond motifs is 1. The van der Waals surface area contributed by atoms with Crippen LogP contribution < -0.4 is 10.5 Å². The van der Waals surface area contributed by atoms with Crippen molar-refractivity contribution in [2.24, 2.45) is 0 Å². The summed E-state index contributed by atoms with van der Waals surface area (Å²) in [5.74, 6) is 0.767. The summed E-state index contributed by atoms with van der Waals surface area (Å²) in [7, 11) is 2.19. The van der Waals surface area contributed by atoms with E-state index in [9.17, 15) is 0 Å². The average Bonchev–Trinajstić information content (AvgIpc) is 2.95. The van der Waals surface area contributed by atoms with Crippen molar-refractivity contribution >= 4 is 27.2 Å². The number of nitrogens with zero attached hydrogens (tertiary/aromatic N) is 2. The van der Waals surface area contributed by atoms with Crippen LogP contribution in [0.15, 0.2) is 12.1 Å². The molecule has 108 valence electrons. The molecular weight excluding hydrogens is 270 g/mol. The molecule has 2 heterocycles. The van der Waals surface area contributed by atoms with Gasteiger partial charge in [0.15, 0.2) is 0 Å². The number of aromatic nitrogens is 1. The predicted octanol–water partition coefficient (Wildman–Crippen LogP) is 3.05. The second-order valence-corrected chi connectivity index (χ2v) is 6.74. The molecule has 3 rings (SSSR count). The van der Waals surface area contributed by atoms with E-state index in [1.54, 1.807) is 11.3 Å². The van der Waals surface area contributed by atoms with Gasteiger partial charge >= 0.3 is 0 Å². The van der Waals surface area contributed by atoms with Gasteiger partial charge in [-0.25, -0.2) is 4.98 Å². The minimum absolute atomic E-state index is 0.654. The van der Waals surface area contributed by atoms with E-state index < -0.39 is 0 Å². The lowest BCUT2D eigenvalue weighted by atomic mass is 10.1. The summed E-state index contributed by atoms with van der Waals surface area (Å²) in [5.41, 5.74) is 7.75. The Morgan fingerprint density at radius 1 is 1.50 bits per heavy atom. The van der Waals surface area contributed by atoms with Crippen LogP contribution in [-0.2, 0) is 0 Å². The van der Waals surface area contributed by atoms with Crippen molar-refractivity contribution in [3.63, 3.8) is 0 Å². The van der Waals surface area contributed by atoms with Crippen LogP contribution in [0, 0.1) is 6.92 Å². The van der Waals surface area contributed by atoms with Crippen molar-refractivity contribution in [3.05, 3.63) is 17.1 Å². The Bertz CT molecular complexity index is 610. The minimum atomic E-state index is 0.654. The fourth-order valence-electron chi connectivity index (χ4n) is 2.86. The van der Waals surface area contributed by atoms with Crippen LogP contribution in [-0.4, -0.2) is 36.1 Å². The smallest absolute Gasteiger partial charge is 0.144 e. The summed E-state index contributed by atoms with van der Waals surface area (Å²) in [6.45, 7) is 3.93. The SMILES string of the molecule is Cc1nc2cc(OCCC3CCCN3C)c(N)cc2s1. The van der Waals surface area contributed by atoms with Crippen molar-refractivity contribution in [2.75, 3.05) is 25.9 Å². The summed E-state index contributed by atoms with van der Waals surface area (Å²) in [5, 5.41) is 1.06. The van der Waals surface area contributed by atoms with Gasteiger partial charge in [-0.3, -0.25) is 0 Å². The van der Waals surface area contributed by atoms with Crippen molar-refractivity contribution in [1.29, 1.82) is 0 Å². The van der Waals surface area contributed by atoms with Gasteiger partial charge in [0.2, 0.25) is 0 Å². The van der Waals surface area contributed by atoms with Crippen LogP contribution in [0.25, 0.3) is 10.2 Å². The Hall–Kier alpha value is -1.33. The second kappa shape index (κ2) is 5.58. The standard InChI is InChI=1S/C15H21N3OS/c1-10-17-13-9-14(12(16)8-15(13)20-10)19-7-5-11-4-3-6-18(11)2/h8-9,11H,3-7,16H2,1-2H3. The van der Waals surface area contributed by atoms with E-state index in [2.05, 4.69) is 16.9 Å². The number of rotatable bonds is 4. The van der Waals surface area contributed by atoms with Crippen LogP contribution in [0.3, 0.4) is 0 Å². The lowest BCUT2D eigenvalue weighted by molar-refractivity contribution is 0.234. The van der Waals surface area contributed by atoms with Gasteiger partial charge < -0.3 is 15.4 Å². The number of aryl methyl sites for hydroxylation is 1. The first-order valence-corrected chi connectivity index (χ1v) is 7.95. The molecule has 1 saturated heterocycles. The maximum absolute atomic E-state index is 6.06. The third-order valence-electron chi connectivity index (χ3n) is 4.01. The molecule has 4 nitrogen and oxygen atoms in total. The fourth-order valence-corrected chi connectivity index (χ4v) is 3.72. The number of nitrogen functional groups attached to an aromatic ring is 1. The third-order valence-corrected chi connectivity index (χ3v) is 4.94. The van der Waals surface area contributed by atoms with Gasteiger partial charge in [-0.05, 0) is 45.8 Å². The lowest BCUT2D eigenvalue weighted by Crippen LogP contribution is -2.26. The first kappa shape index (κ1) is 13.6. The summed E-state index contributed by atoms with van der Waals surface area (Å²) in [6.07, 6.45) is 3.64. The highest BCUT2D eigenvalue weighted by atomic mass is 32.1. The summed E-state index contributed by atoms with van der Waals surface area (Å²) in [4.78, 5) is 6.90. The lowest BCUT2D eigenvalue weighted by Gasteiger charge is -2.19. The number of hydrogen-bond acceptors (Lipinski definition) is 5. The van der Waals surface area contributed by atoms with Crippen LogP contribution >= 0.6 is 11.3 Å². The van der Waals surface area contributed by atoms with E-state index in [-0.39, 0.29) is 0 Å². The molecule has 0 saturated carbocycles. The first-order chi connectivity index (χ1) is 9.63. The molecule has 1 aromatic heterocycles. The molecule has 1 fully saturated rings. The van der Waals surface area contributed by atoms with E-state index in [4.69, 9.17) is 10.5 Å². The molecule has 0 bridgehead atoms. The second-order valence-electron chi connectivity index (χ2n) is 5.50. The summed E-state index contributed by atoms with van der Waals surface area (Å²) in [6, 6.07) is 4.59. The van der Waals surface area contributed by atoms with Crippen LogP contribution in [0.4, 0.5) is 5.69 Å². The number of ether oxygens (including phenoxy) is 1. The van der Waals surface area contributed by atoms with Gasteiger partial charge in [0.05, 0.1) is 27.5 Å². The Labute approximate surface area is 123 Å². The van der Waals surface area contributed by atoms with Crippen LogP contribution in [0.1, 0.15) is 24.3 Å². The zero-order valence-corrected chi connectivity index (χ0v) is 12.9. The van der Waals surface area contributed by atoms with E-state index in [0.717, 1.165) is 27.4 Å². The van der Waals surface area contributed by atoms with Gasteiger partial charge in [-0.2, -0.15) is 0 Å². The molecule has 20 heavy (non-hydrogen) atoms. The molecule has 5 heteroatoms. The molecule has 0 spiro atoms. The van der Waals surface area contributed by atoms with Gasteiger partial charge in [-0.15, -0.1) is 11.3 Å². The highest BCUT2D eigenvalue weighted by Crippen LogP contribution is 2.31. The number of thiazole rings is 1. The highest BCUT2D eigenvalue weighted by Gasteiger charge is 2.20. The predicted molar refractivity (Wildman–Crippen MR) is 84.5 cm³/mol. The quantitative estimate of drug-likeness (QED) is 0.880. The molecule has 1 aliphatic rings. The molecule has 0 amide bonds. The van der Waals surface area contributed by atoms with Crippen LogP contribution in [0.2, 0.25) is 0 Å². The van der Waals surface area contributed by atoms with Gasteiger partial charge in [0.1, 0.15) is 5.75 Å². The normalized spacial score (nSPS) is 19.8. The molecule has 1 aromatic carbocycles. The molecule has 1 aliphatic heterocycles. The topological polar surface area (TPSA) is 51.4 Å². The van der Waals surface area contributed by atoms with E-state index in [1.165, 1.54) is 19.4 Å². The Kier molecular flexibility index (Phi) is 3.81. The largest absolute Gasteiger partial charge is 0.491 e. The van der Waals surface area contributed by atoms with Gasteiger partial charge in [0.25, 0.3) is 0 Å². The molecule has 0 radical (unpaired) electrons. The molecule has 2 N–H and O–H groups in total. The summed E-state index contributed by atoms with van der Waals surface area (Å²) < 4.78 is 7.01. The number of anilines is 1. The van der Waals surface area contributed by atoms with E-state index >= 15 is 0 Å². The maximum Gasteiger partial charge on any atom is 0.144 e. The van der Waals surface area contributed by atoms with Gasteiger partial charge in [0, 0.05) is 12.1 Å². The third kappa shape index (κ3) is 2.74. The van der Waals surface area contributed by atoms with Gasteiger partial charge in [-0.1, -0.05) is 0 Å². The number of nitrogens with two attached hydrogens (primary N) is 1. The maximum atomic E-state index is 6.06. The van der Waals surface area contributed by atoms with Crippen molar-refractivity contribution in [1.82, 2.24) is 9.88 Å². The fraction of sp³-hybridized carbons (Fsp3) is 0.533. The minimum Gasteiger partial charge on any atom is -0.491 e. The van der Waals surface area contributed by atoms with Crippen LogP contribution in [0.5, 0.6) is 5.75 Å². The molecule has 0 aliphatic carbocycles. The molecule has 1 unspecified atom stereocenters. The molecule has 2 aromatic rings. The summed E-state index contributed by atoms with van der Waals surface area (Å²) >= 11 is 1.67. The zero-order chi connectivity index (χ0) is 14.1. The Morgan fingerprint density at radius 3 is 3.10 bits per heavy atom. The van der Waals surface area contributed by atoms with Crippen molar-refractivity contribution < 1.29 is 4.74 Å². The number of hydrogen-bond donors (Lipinski definition) is 1. The Balaban J connectivity index is 1.66. The molecule has 1 atom stereocenters. The highest BCUT2D eigenvalue weighted by molar-refractivity contribution is 7.18. The number of benzene rings is 1.